The molecule has 0 spiro atoms. The number of alkyl halides is 7. The lowest BCUT2D eigenvalue weighted by Crippen LogP contribution is -2.52. The number of nitrogens with one attached hydrogen (secondary N) is 1. The van der Waals surface area contributed by atoms with Crippen LogP contribution in [0.15, 0.2) is 36.7 Å². The maximum Gasteiger partial charge on any atom is 0.439 e. The number of fused-ring (bicyclic) bond motifs is 1. The number of benzene rings is 1. The van der Waals surface area contributed by atoms with E-state index in [4.69, 9.17) is 0 Å². The van der Waals surface area contributed by atoms with E-state index in [9.17, 15) is 30.7 Å². The molecule has 0 bridgehead atoms. The van der Waals surface area contributed by atoms with Gasteiger partial charge in [0.1, 0.15) is 0 Å². The Morgan fingerprint density at radius 3 is 2.12 bits per heavy atom. The molecule has 3 rings (SSSR count). The molecule has 128 valence electrons. The number of H-pyrrole nitrogens is 1. The van der Waals surface area contributed by atoms with Gasteiger partial charge in [-0.3, -0.25) is 4.57 Å². The first-order valence-electron chi connectivity index (χ1n) is 6.37. The summed E-state index contributed by atoms with van der Waals surface area (Å²) in [6.45, 7) is 0. The van der Waals surface area contributed by atoms with Crippen molar-refractivity contribution in [2.24, 2.45) is 0 Å². The predicted octanol–water partition coefficient (Wildman–Crippen LogP) is 4.04. The Balaban J connectivity index is 2.22. The molecule has 4 nitrogen and oxygen atoms in total. The lowest BCUT2D eigenvalue weighted by Gasteiger charge is -2.29. The van der Waals surface area contributed by atoms with Gasteiger partial charge in [-0.1, -0.05) is 12.1 Å². The van der Waals surface area contributed by atoms with Gasteiger partial charge in [-0.2, -0.15) is 26.3 Å². The van der Waals surface area contributed by atoms with Crippen molar-refractivity contribution in [1.29, 1.82) is 0 Å². The normalized spacial score (nSPS) is 13.6. The number of hydrogen-bond acceptors (Lipinski definition) is 2. The lowest BCUT2D eigenvalue weighted by atomic mass is 10.0. The van der Waals surface area contributed by atoms with Gasteiger partial charge in [-0.05, 0) is 12.1 Å². The van der Waals surface area contributed by atoms with Gasteiger partial charge in [0.25, 0.3) is 0 Å². The first kappa shape index (κ1) is 16.3. The monoisotopic (exact) mass is 352 g/mol. The molecular weight excluding hydrogens is 345 g/mol. The van der Waals surface area contributed by atoms with Crippen LogP contribution in [-0.4, -0.2) is 31.9 Å². The highest BCUT2D eigenvalue weighted by Crippen LogP contribution is 2.52. The second kappa shape index (κ2) is 4.95. The average Bonchev–Trinajstić information content (AvgIpc) is 3.10. The molecule has 0 radical (unpaired) electrons. The van der Waals surface area contributed by atoms with E-state index in [1.807, 2.05) is 0 Å². The highest BCUT2D eigenvalue weighted by atomic mass is 19.4. The van der Waals surface area contributed by atoms with Crippen molar-refractivity contribution in [3.05, 3.63) is 42.5 Å². The summed E-state index contributed by atoms with van der Waals surface area (Å²) >= 11 is 0. The largest absolute Gasteiger partial charge is 0.439 e. The van der Waals surface area contributed by atoms with Crippen molar-refractivity contribution in [3.63, 3.8) is 0 Å². The zero-order valence-electron chi connectivity index (χ0n) is 11.5. The zero-order valence-corrected chi connectivity index (χ0v) is 11.5. The van der Waals surface area contributed by atoms with Crippen molar-refractivity contribution in [3.8, 4) is 5.95 Å². The summed E-state index contributed by atoms with van der Waals surface area (Å²) in [6.07, 6.45) is -11.1. The first-order valence-corrected chi connectivity index (χ1v) is 6.37. The van der Waals surface area contributed by atoms with Gasteiger partial charge in [0.15, 0.2) is 5.82 Å². The van der Waals surface area contributed by atoms with Crippen LogP contribution >= 0.6 is 0 Å². The van der Waals surface area contributed by atoms with Gasteiger partial charge in [0, 0.05) is 12.4 Å². The summed E-state index contributed by atoms with van der Waals surface area (Å²) in [5, 5.41) is 0. The van der Waals surface area contributed by atoms with Crippen molar-refractivity contribution in [1.82, 2.24) is 19.5 Å². The Hall–Kier alpha value is -2.59. The molecule has 11 heteroatoms. The van der Waals surface area contributed by atoms with Crippen LogP contribution in [0.2, 0.25) is 0 Å². The molecule has 0 unspecified atom stereocenters. The molecule has 3 aromatic rings. The van der Waals surface area contributed by atoms with Crippen LogP contribution < -0.4 is 0 Å². The Kier molecular flexibility index (Phi) is 3.36. The average molecular weight is 352 g/mol. The number of hydrogen-bond donors (Lipinski definition) is 1. The van der Waals surface area contributed by atoms with Gasteiger partial charge in [0.05, 0.1) is 11.0 Å². The van der Waals surface area contributed by atoms with E-state index in [1.165, 1.54) is 12.1 Å². The summed E-state index contributed by atoms with van der Waals surface area (Å²) in [5.74, 6) is -2.29. The van der Waals surface area contributed by atoms with Crippen LogP contribution in [0.4, 0.5) is 30.7 Å². The third-order valence-corrected chi connectivity index (χ3v) is 3.34. The van der Waals surface area contributed by atoms with Gasteiger partial charge >= 0.3 is 18.0 Å². The van der Waals surface area contributed by atoms with Crippen LogP contribution in [-0.2, 0) is 5.67 Å². The topological polar surface area (TPSA) is 46.5 Å². The molecule has 0 fully saturated rings. The second-order valence-electron chi connectivity index (χ2n) is 4.85. The van der Waals surface area contributed by atoms with E-state index in [-0.39, 0.29) is 5.52 Å². The number of aromatic amines is 1. The number of nitrogens with zero attached hydrogens (tertiary/aromatic N) is 3. The molecule has 2 aromatic heterocycles. The fourth-order valence-corrected chi connectivity index (χ4v) is 2.20. The minimum absolute atomic E-state index is 0.288. The maximum absolute atomic E-state index is 14.2. The second-order valence-corrected chi connectivity index (χ2v) is 4.85. The number of imidazole rings is 2. The van der Waals surface area contributed by atoms with E-state index >= 15 is 0 Å². The molecular formula is C13H7F7N4. The van der Waals surface area contributed by atoms with E-state index < -0.39 is 29.8 Å². The third-order valence-electron chi connectivity index (χ3n) is 3.34. The molecule has 0 saturated carbocycles. The first-order chi connectivity index (χ1) is 11.1. The third kappa shape index (κ3) is 2.22. The summed E-state index contributed by atoms with van der Waals surface area (Å²) in [6, 6.07) is 6.16. The quantitative estimate of drug-likeness (QED) is 0.708. The minimum Gasteiger partial charge on any atom is -0.323 e. The molecule has 1 aromatic carbocycles. The molecule has 24 heavy (non-hydrogen) atoms. The molecule has 2 heterocycles. The molecule has 0 amide bonds. The van der Waals surface area contributed by atoms with E-state index in [0.717, 1.165) is 6.20 Å². The van der Waals surface area contributed by atoms with Crippen molar-refractivity contribution in [2.45, 2.75) is 18.0 Å². The van der Waals surface area contributed by atoms with Gasteiger partial charge in [-0.25, -0.2) is 14.4 Å². The number of aromatic nitrogens is 4. The molecule has 1 N–H and O–H groups in total. The standard InChI is InChI=1S/C13H7F7N4/c14-11(12(15,16)17,13(18,19)20)9-21-5-6-24(9)10-22-7-3-1-2-4-8(7)23-10/h1-6H,(H,22,23). The summed E-state index contributed by atoms with van der Waals surface area (Å²) in [4.78, 5) is 9.34. The minimum atomic E-state index is -6.25. The smallest absolute Gasteiger partial charge is 0.323 e. The van der Waals surface area contributed by atoms with Crippen molar-refractivity contribution >= 4 is 11.0 Å². The highest BCUT2D eigenvalue weighted by Gasteiger charge is 2.76. The van der Waals surface area contributed by atoms with Gasteiger partial charge in [0.2, 0.25) is 5.95 Å². The predicted molar refractivity (Wildman–Crippen MR) is 68.1 cm³/mol. The Labute approximate surface area is 128 Å². The van der Waals surface area contributed by atoms with Crippen LogP contribution in [0.3, 0.4) is 0 Å². The van der Waals surface area contributed by atoms with Crippen LogP contribution in [0.5, 0.6) is 0 Å². The summed E-state index contributed by atoms with van der Waals surface area (Å²) in [7, 11) is 0. The Bertz CT molecular complexity index is 827. The maximum atomic E-state index is 14.2. The van der Waals surface area contributed by atoms with Gasteiger partial charge < -0.3 is 4.98 Å². The molecule has 0 aliphatic heterocycles. The molecule has 0 atom stereocenters. The van der Waals surface area contributed by atoms with E-state index in [0.29, 0.717) is 16.3 Å². The summed E-state index contributed by atoms with van der Waals surface area (Å²) in [5.41, 5.74) is -4.99. The van der Waals surface area contributed by atoms with E-state index in [1.54, 1.807) is 12.1 Å². The Morgan fingerprint density at radius 2 is 1.54 bits per heavy atom. The van der Waals surface area contributed by atoms with Crippen LogP contribution in [0.25, 0.3) is 17.0 Å². The number of halogens is 7. The highest BCUT2D eigenvalue weighted by molar-refractivity contribution is 5.76. The fourth-order valence-electron chi connectivity index (χ4n) is 2.20. The summed E-state index contributed by atoms with van der Waals surface area (Å²) < 4.78 is 91.8. The zero-order chi connectivity index (χ0) is 17.8. The Morgan fingerprint density at radius 1 is 0.917 bits per heavy atom. The molecule has 0 saturated heterocycles. The molecule has 0 aliphatic carbocycles. The van der Waals surface area contributed by atoms with E-state index in [2.05, 4.69) is 15.0 Å². The SMILES string of the molecule is FC(F)(F)C(F)(c1nccn1-c1nc2ccccc2[nH]1)C(F)(F)F. The van der Waals surface area contributed by atoms with Gasteiger partial charge in [-0.15, -0.1) is 0 Å². The van der Waals surface area contributed by atoms with Crippen molar-refractivity contribution < 1.29 is 30.7 Å². The number of para-hydroxylation sites is 2. The number of rotatable bonds is 2. The fraction of sp³-hybridized carbons (Fsp3) is 0.231. The van der Waals surface area contributed by atoms with Crippen molar-refractivity contribution in [2.75, 3.05) is 0 Å². The van der Waals surface area contributed by atoms with Crippen LogP contribution in [0, 0.1) is 0 Å². The van der Waals surface area contributed by atoms with Crippen LogP contribution in [0.1, 0.15) is 5.82 Å². The molecule has 0 aliphatic rings. The lowest BCUT2D eigenvalue weighted by molar-refractivity contribution is -0.351.